The minimum atomic E-state index is 0.859. The average Bonchev–Trinajstić information content (AvgIpc) is 2.19. The van der Waals surface area contributed by atoms with E-state index in [1.165, 1.54) is 5.56 Å². The van der Waals surface area contributed by atoms with Crippen molar-refractivity contribution in [2.75, 3.05) is 0 Å². The van der Waals surface area contributed by atoms with Crippen LogP contribution in [0.1, 0.15) is 17.0 Å². The summed E-state index contributed by atoms with van der Waals surface area (Å²) in [6.45, 7) is 3.97. The largest absolute Gasteiger partial charge is 0.250 e. The number of hydrogen-bond acceptors (Lipinski definition) is 2. The van der Waals surface area contributed by atoms with Crippen LogP contribution >= 0.6 is 15.9 Å². The number of benzene rings is 1. The molecule has 1 aromatic heterocycles. The number of rotatable bonds is 1. The molecule has 2 rings (SSSR count). The molecule has 0 saturated carbocycles. The van der Waals surface area contributed by atoms with Crippen LogP contribution in [0.2, 0.25) is 0 Å². The SMILES string of the molecule is Cc1nc2ccc(CBr)cc2nc1C. The van der Waals surface area contributed by atoms with Gasteiger partial charge in [-0.15, -0.1) is 0 Å². The van der Waals surface area contributed by atoms with Crippen molar-refractivity contribution in [1.29, 1.82) is 0 Å². The Morgan fingerprint density at radius 1 is 1.07 bits per heavy atom. The number of aromatic nitrogens is 2. The van der Waals surface area contributed by atoms with Crippen molar-refractivity contribution in [2.45, 2.75) is 19.2 Å². The Hall–Kier alpha value is -0.960. The minimum absolute atomic E-state index is 0.859. The van der Waals surface area contributed by atoms with E-state index >= 15 is 0 Å². The molecule has 1 aromatic carbocycles. The number of alkyl halides is 1. The van der Waals surface area contributed by atoms with Crippen molar-refractivity contribution in [2.24, 2.45) is 0 Å². The van der Waals surface area contributed by atoms with E-state index in [1.807, 2.05) is 19.9 Å². The van der Waals surface area contributed by atoms with Crippen LogP contribution in [0.4, 0.5) is 0 Å². The molecule has 0 saturated heterocycles. The van der Waals surface area contributed by atoms with Crippen molar-refractivity contribution in [3.63, 3.8) is 0 Å². The molecule has 0 spiro atoms. The van der Waals surface area contributed by atoms with E-state index in [4.69, 9.17) is 0 Å². The molecule has 0 bridgehead atoms. The number of halogens is 1. The fraction of sp³-hybridized carbons (Fsp3) is 0.273. The van der Waals surface area contributed by atoms with Gasteiger partial charge in [-0.2, -0.15) is 0 Å². The summed E-state index contributed by atoms with van der Waals surface area (Å²) in [6.07, 6.45) is 0. The average molecular weight is 251 g/mol. The molecule has 0 aliphatic rings. The van der Waals surface area contributed by atoms with Crippen molar-refractivity contribution >= 4 is 27.0 Å². The lowest BCUT2D eigenvalue weighted by Crippen LogP contribution is -1.93. The molecule has 0 N–H and O–H groups in total. The van der Waals surface area contributed by atoms with Crippen molar-refractivity contribution in [3.8, 4) is 0 Å². The second-order valence-corrected chi connectivity index (χ2v) is 3.91. The van der Waals surface area contributed by atoms with Gasteiger partial charge >= 0.3 is 0 Å². The smallest absolute Gasteiger partial charge is 0.0893 e. The third-order valence-electron chi connectivity index (χ3n) is 2.29. The summed E-state index contributed by atoms with van der Waals surface area (Å²) in [6, 6.07) is 6.16. The lowest BCUT2D eigenvalue weighted by molar-refractivity contribution is 1.10. The molecular weight excluding hydrogens is 240 g/mol. The highest BCUT2D eigenvalue weighted by molar-refractivity contribution is 9.08. The Kier molecular flexibility index (Phi) is 2.50. The van der Waals surface area contributed by atoms with Gasteiger partial charge in [0.05, 0.1) is 22.4 Å². The molecule has 0 aliphatic carbocycles. The third kappa shape index (κ3) is 1.64. The Morgan fingerprint density at radius 3 is 2.36 bits per heavy atom. The molecule has 2 nitrogen and oxygen atoms in total. The monoisotopic (exact) mass is 250 g/mol. The van der Waals surface area contributed by atoms with E-state index in [1.54, 1.807) is 0 Å². The zero-order valence-electron chi connectivity index (χ0n) is 8.21. The first-order chi connectivity index (χ1) is 6.70. The van der Waals surface area contributed by atoms with Gasteiger partial charge in [0.1, 0.15) is 0 Å². The van der Waals surface area contributed by atoms with Gasteiger partial charge in [0.15, 0.2) is 0 Å². The number of aryl methyl sites for hydroxylation is 2. The highest BCUT2D eigenvalue weighted by Gasteiger charge is 2.01. The summed E-state index contributed by atoms with van der Waals surface area (Å²) >= 11 is 3.43. The fourth-order valence-corrected chi connectivity index (χ4v) is 1.71. The van der Waals surface area contributed by atoms with Crippen molar-refractivity contribution in [1.82, 2.24) is 9.97 Å². The first-order valence-corrected chi connectivity index (χ1v) is 5.62. The number of nitrogens with zero attached hydrogens (tertiary/aromatic N) is 2. The number of hydrogen-bond donors (Lipinski definition) is 0. The molecule has 3 heteroatoms. The van der Waals surface area contributed by atoms with Crippen molar-refractivity contribution < 1.29 is 0 Å². The maximum Gasteiger partial charge on any atom is 0.0893 e. The van der Waals surface area contributed by atoms with Crippen LogP contribution in [-0.2, 0) is 5.33 Å². The second-order valence-electron chi connectivity index (χ2n) is 3.35. The van der Waals surface area contributed by atoms with E-state index in [0.29, 0.717) is 0 Å². The molecule has 0 unspecified atom stereocenters. The summed E-state index contributed by atoms with van der Waals surface area (Å²) in [5.41, 5.74) is 5.19. The normalized spacial score (nSPS) is 10.8. The third-order valence-corrected chi connectivity index (χ3v) is 2.94. The first kappa shape index (κ1) is 9.59. The molecule has 0 aliphatic heterocycles. The van der Waals surface area contributed by atoms with Gasteiger partial charge in [-0.05, 0) is 31.5 Å². The van der Waals surface area contributed by atoms with Crippen LogP contribution in [0.5, 0.6) is 0 Å². The molecular formula is C11H11BrN2. The molecule has 14 heavy (non-hydrogen) atoms. The maximum atomic E-state index is 4.50. The van der Waals surface area contributed by atoms with Crippen LogP contribution in [0.3, 0.4) is 0 Å². The van der Waals surface area contributed by atoms with Gasteiger partial charge < -0.3 is 0 Å². The molecule has 0 amide bonds. The second kappa shape index (κ2) is 3.65. The predicted molar refractivity (Wildman–Crippen MR) is 61.6 cm³/mol. The summed E-state index contributed by atoms with van der Waals surface area (Å²) in [5, 5.41) is 0.859. The molecule has 0 atom stereocenters. The van der Waals surface area contributed by atoms with Gasteiger partial charge in [-0.25, -0.2) is 9.97 Å². The molecule has 2 aromatic rings. The Balaban J connectivity index is 2.70. The molecule has 72 valence electrons. The lowest BCUT2D eigenvalue weighted by atomic mass is 10.2. The quantitative estimate of drug-likeness (QED) is 0.727. The highest BCUT2D eigenvalue weighted by Crippen LogP contribution is 2.15. The van der Waals surface area contributed by atoms with E-state index in [-0.39, 0.29) is 0 Å². The minimum Gasteiger partial charge on any atom is -0.250 e. The van der Waals surface area contributed by atoms with Gasteiger partial charge in [0, 0.05) is 5.33 Å². The topological polar surface area (TPSA) is 25.8 Å². The first-order valence-electron chi connectivity index (χ1n) is 4.50. The highest BCUT2D eigenvalue weighted by atomic mass is 79.9. The summed E-state index contributed by atoms with van der Waals surface area (Å²) in [4.78, 5) is 8.97. The predicted octanol–water partition coefficient (Wildman–Crippen LogP) is 3.14. The van der Waals surface area contributed by atoms with E-state index < -0.39 is 0 Å². The Labute approximate surface area is 91.5 Å². The summed E-state index contributed by atoms with van der Waals surface area (Å²) in [7, 11) is 0. The molecule has 0 radical (unpaired) electrons. The zero-order valence-corrected chi connectivity index (χ0v) is 9.80. The van der Waals surface area contributed by atoms with Crippen LogP contribution in [0, 0.1) is 13.8 Å². The van der Waals surface area contributed by atoms with Crippen LogP contribution in [0.25, 0.3) is 11.0 Å². The van der Waals surface area contributed by atoms with Crippen LogP contribution in [-0.4, -0.2) is 9.97 Å². The van der Waals surface area contributed by atoms with Gasteiger partial charge in [-0.1, -0.05) is 22.0 Å². The van der Waals surface area contributed by atoms with Gasteiger partial charge in [0.25, 0.3) is 0 Å². The van der Waals surface area contributed by atoms with Crippen LogP contribution < -0.4 is 0 Å². The summed E-state index contributed by atoms with van der Waals surface area (Å²) < 4.78 is 0. The number of fused-ring (bicyclic) bond motifs is 1. The molecule has 1 heterocycles. The van der Waals surface area contributed by atoms with Gasteiger partial charge in [0.2, 0.25) is 0 Å². The Morgan fingerprint density at radius 2 is 1.71 bits per heavy atom. The maximum absolute atomic E-state index is 4.50. The van der Waals surface area contributed by atoms with E-state index in [0.717, 1.165) is 27.8 Å². The lowest BCUT2D eigenvalue weighted by Gasteiger charge is -2.03. The standard InChI is InChI=1S/C11H11BrN2/c1-7-8(2)14-11-5-9(6-12)3-4-10(11)13-7/h3-5H,6H2,1-2H3. The van der Waals surface area contributed by atoms with Crippen LogP contribution in [0.15, 0.2) is 18.2 Å². The van der Waals surface area contributed by atoms with E-state index in [2.05, 4.69) is 38.0 Å². The zero-order chi connectivity index (χ0) is 10.1. The summed E-state index contributed by atoms with van der Waals surface area (Å²) in [5.74, 6) is 0. The Bertz CT molecular complexity index is 480. The van der Waals surface area contributed by atoms with E-state index in [9.17, 15) is 0 Å². The molecule has 0 fully saturated rings. The van der Waals surface area contributed by atoms with Crippen molar-refractivity contribution in [3.05, 3.63) is 35.2 Å². The van der Waals surface area contributed by atoms with Gasteiger partial charge in [-0.3, -0.25) is 0 Å². The fourth-order valence-electron chi connectivity index (χ4n) is 1.36.